The van der Waals surface area contributed by atoms with Gasteiger partial charge in [-0.25, -0.2) is 0 Å². The highest BCUT2D eigenvalue weighted by Gasteiger charge is 2.40. The molecule has 1 heterocycles. The van der Waals surface area contributed by atoms with Crippen LogP contribution in [0.4, 0.5) is 0 Å². The Hall–Kier alpha value is -2.52. The number of carbonyl (C=O) groups is 4. The SMILES string of the molecule is COCC(=O)N(C)C1=C(N(C)CC(=O)OC(C)(C)C)C(=O)c2sc(C)c(C)c2C1=O. The molecule has 30 heavy (non-hydrogen) atoms. The van der Waals surface area contributed by atoms with Crippen LogP contribution >= 0.6 is 11.3 Å². The number of nitrogens with zero attached hydrogens (tertiary/aromatic N) is 2. The van der Waals surface area contributed by atoms with Crippen molar-refractivity contribution in [1.82, 2.24) is 9.80 Å². The number of carbonyl (C=O) groups excluding carboxylic acids is 4. The third-order valence-electron chi connectivity index (χ3n) is 4.62. The van der Waals surface area contributed by atoms with Gasteiger partial charge >= 0.3 is 5.97 Å². The second kappa shape index (κ2) is 8.69. The van der Waals surface area contributed by atoms with E-state index < -0.39 is 29.0 Å². The smallest absolute Gasteiger partial charge is 0.326 e. The number of rotatable bonds is 6. The number of fused-ring (bicyclic) bond motifs is 1. The van der Waals surface area contributed by atoms with Gasteiger partial charge in [0.25, 0.3) is 5.91 Å². The van der Waals surface area contributed by atoms with Gasteiger partial charge in [-0.1, -0.05) is 0 Å². The monoisotopic (exact) mass is 436 g/mol. The van der Waals surface area contributed by atoms with Gasteiger partial charge in [0.1, 0.15) is 30.1 Å². The van der Waals surface area contributed by atoms with Crippen LogP contribution in [-0.2, 0) is 19.1 Å². The molecule has 0 spiro atoms. The number of aryl methyl sites for hydroxylation is 1. The van der Waals surface area contributed by atoms with Crippen molar-refractivity contribution >= 4 is 34.8 Å². The average molecular weight is 437 g/mol. The summed E-state index contributed by atoms with van der Waals surface area (Å²) in [6, 6.07) is 0. The first-order valence-corrected chi connectivity index (χ1v) is 10.2. The molecule has 1 aliphatic rings. The number of hydrogen-bond donors (Lipinski definition) is 0. The highest BCUT2D eigenvalue weighted by Crippen LogP contribution is 2.37. The fourth-order valence-electron chi connectivity index (χ4n) is 3.16. The molecule has 8 nitrogen and oxygen atoms in total. The summed E-state index contributed by atoms with van der Waals surface area (Å²) in [5.74, 6) is -1.86. The second-order valence-electron chi connectivity index (χ2n) is 8.17. The summed E-state index contributed by atoms with van der Waals surface area (Å²) in [5.41, 5.74) is 0.256. The largest absolute Gasteiger partial charge is 0.459 e. The molecule has 0 saturated carbocycles. The number of thiophene rings is 1. The van der Waals surface area contributed by atoms with Crippen LogP contribution in [0.15, 0.2) is 11.4 Å². The Kier molecular flexibility index (Phi) is 6.88. The van der Waals surface area contributed by atoms with Crippen molar-refractivity contribution in [3.8, 4) is 0 Å². The predicted octanol–water partition coefficient (Wildman–Crippen LogP) is 2.33. The van der Waals surface area contributed by atoms with Crippen LogP contribution in [-0.4, -0.2) is 73.2 Å². The summed E-state index contributed by atoms with van der Waals surface area (Å²) in [6.07, 6.45) is 0. The number of esters is 1. The number of ketones is 2. The number of amides is 1. The van der Waals surface area contributed by atoms with Gasteiger partial charge in [-0.3, -0.25) is 19.2 Å². The van der Waals surface area contributed by atoms with Gasteiger partial charge in [-0.2, -0.15) is 0 Å². The first-order valence-electron chi connectivity index (χ1n) is 9.42. The quantitative estimate of drug-likeness (QED) is 0.632. The summed E-state index contributed by atoms with van der Waals surface area (Å²) in [7, 11) is 4.31. The Morgan fingerprint density at radius 2 is 1.63 bits per heavy atom. The van der Waals surface area contributed by atoms with E-state index in [4.69, 9.17) is 9.47 Å². The molecule has 1 aromatic rings. The standard InChI is InChI=1S/C21H28N2O6S/c1-11-12(2)30-20-15(11)18(26)17(23(7)13(24)10-28-8)16(19(20)27)22(6)9-14(25)29-21(3,4)5/h9-10H2,1-8H3. The van der Waals surface area contributed by atoms with Crippen molar-refractivity contribution in [2.45, 2.75) is 40.2 Å². The van der Waals surface area contributed by atoms with Crippen LogP contribution in [0.25, 0.3) is 0 Å². The Bertz CT molecular complexity index is 938. The van der Waals surface area contributed by atoms with E-state index in [1.54, 1.807) is 27.7 Å². The highest BCUT2D eigenvalue weighted by molar-refractivity contribution is 7.15. The maximum Gasteiger partial charge on any atom is 0.326 e. The number of allylic oxidation sites excluding steroid dienone is 2. The Morgan fingerprint density at radius 1 is 1.03 bits per heavy atom. The van der Waals surface area contributed by atoms with E-state index in [1.807, 2.05) is 6.92 Å². The molecule has 0 atom stereocenters. The molecular formula is C21H28N2O6S. The molecule has 164 valence electrons. The van der Waals surface area contributed by atoms with Gasteiger partial charge in [0, 0.05) is 31.6 Å². The third-order valence-corrected chi connectivity index (χ3v) is 5.82. The molecule has 0 aliphatic heterocycles. The van der Waals surface area contributed by atoms with Crippen molar-refractivity contribution in [2.24, 2.45) is 0 Å². The van der Waals surface area contributed by atoms with E-state index in [1.165, 1.54) is 37.4 Å². The number of methoxy groups -OCH3 is 1. The van der Waals surface area contributed by atoms with Crippen molar-refractivity contribution in [2.75, 3.05) is 34.4 Å². The molecule has 0 saturated heterocycles. The molecule has 0 aromatic carbocycles. The zero-order chi connectivity index (χ0) is 23.0. The lowest BCUT2D eigenvalue weighted by atomic mass is 9.92. The van der Waals surface area contributed by atoms with Gasteiger partial charge in [-0.15, -0.1) is 11.3 Å². The lowest BCUT2D eigenvalue weighted by Crippen LogP contribution is -2.42. The molecule has 1 aromatic heterocycles. The highest BCUT2D eigenvalue weighted by atomic mass is 32.1. The zero-order valence-electron chi connectivity index (χ0n) is 18.7. The van der Waals surface area contributed by atoms with Gasteiger partial charge in [0.2, 0.25) is 11.6 Å². The molecule has 0 radical (unpaired) electrons. The Labute approximate surface area is 180 Å². The maximum absolute atomic E-state index is 13.4. The molecule has 9 heteroatoms. The fraction of sp³-hybridized carbons (Fsp3) is 0.524. The second-order valence-corrected chi connectivity index (χ2v) is 9.40. The minimum atomic E-state index is -0.693. The fourth-order valence-corrected chi connectivity index (χ4v) is 4.26. The summed E-state index contributed by atoms with van der Waals surface area (Å²) in [4.78, 5) is 55.2. The van der Waals surface area contributed by atoms with Gasteiger partial charge in [0.15, 0.2) is 0 Å². The topological polar surface area (TPSA) is 93.2 Å². The minimum absolute atomic E-state index is 0.00781. The first-order chi connectivity index (χ1) is 13.8. The Morgan fingerprint density at radius 3 is 2.17 bits per heavy atom. The van der Waals surface area contributed by atoms with Crippen LogP contribution in [0.3, 0.4) is 0 Å². The Balaban J connectivity index is 2.57. The van der Waals surface area contributed by atoms with Gasteiger partial charge in [0.05, 0.1) is 4.88 Å². The van der Waals surface area contributed by atoms with Crippen LogP contribution in [0.1, 0.15) is 51.2 Å². The van der Waals surface area contributed by atoms with Gasteiger partial charge < -0.3 is 19.3 Å². The number of ether oxygens (including phenoxy) is 2. The van der Waals surface area contributed by atoms with Crippen LogP contribution < -0.4 is 0 Å². The molecule has 2 rings (SSSR count). The molecule has 1 aliphatic carbocycles. The zero-order valence-corrected chi connectivity index (χ0v) is 19.5. The van der Waals surface area contributed by atoms with Gasteiger partial charge in [-0.05, 0) is 40.2 Å². The minimum Gasteiger partial charge on any atom is -0.459 e. The number of likely N-dealkylation sites (N-methyl/N-ethyl adjacent to an activating group) is 2. The molecule has 0 N–H and O–H groups in total. The average Bonchev–Trinajstić information content (AvgIpc) is 2.91. The molecule has 0 bridgehead atoms. The number of hydrogen-bond acceptors (Lipinski definition) is 8. The lowest BCUT2D eigenvalue weighted by molar-refractivity contribution is -0.155. The molecule has 1 amide bonds. The lowest BCUT2D eigenvalue weighted by Gasteiger charge is -2.31. The summed E-state index contributed by atoms with van der Waals surface area (Å²) < 4.78 is 10.2. The van der Waals surface area contributed by atoms with E-state index in [2.05, 4.69) is 0 Å². The summed E-state index contributed by atoms with van der Waals surface area (Å²) in [6.45, 7) is 8.34. The van der Waals surface area contributed by atoms with Crippen molar-refractivity contribution in [1.29, 1.82) is 0 Å². The van der Waals surface area contributed by atoms with Crippen LogP contribution in [0, 0.1) is 13.8 Å². The van der Waals surface area contributed by atoms with E-state index in [-0.39, 0.29) is 24.5 Å². The maximum atomic E-state index is 13.4. The van der Waals surface area contributed by atoms with Crippen LogP contribution in [0.5, 0.6) is 0 Å². The van der Waals surface area contributed by atoms with Crippen molar-refractivity contribution in [3.63, 3.8) is 0 Å². The third kappa shape index (κ3) is 4.62. The first kappa shape index (κ1) is 23.8. The molecular weight excluding hydrogens is 408 g/mol. The van der Waals surface area contributed by atoms with Crippen LogP contribution in [0.2, 0.25) is 0 Å². The number of Topliss-reactive ketones (excluding diaryl/α,β-unsaturated/α-hetero) is 2. The van der Waals surface area contributed by atoms with E-state index >= 15 is 0 Å². The van der Waals surface area contributed by atoms with Crippen molar-refractivity contribution < 1.29 is 28.7 Å². The molecule has 0 unspecified atom stereocenters. The summed E-state index contributed by atoms with van der Waals surface area (Å²) >= 11 is 1.24. The molecule has 0 fully saturated rings. The normalized spacial score (nSPS) is 14.0. The van der Waals surface area contributed by atoms with E-state index in [9.17, 15) is 19.2 Å². The van der Waals surface area contributed by atoms with Crippen molar-refractivity contribution in [3.05, 3.63) is 32.3 Å². The summed E-state index contributed by atoms with van der Waals surface area (Å²) in [5, 5.41) is 0. The van der Waals surface area contributed by atoms with E-state index in [0.29, 0.717) is 16.0 Å². The predicted molar refractivity (Wildman–Crippen MR) is 113 cm³/mol. The van der Waals surface area contributed by atoms with E-state index in [0.717, 1.165) is 9.78 Å².